The van der Waals surface area contributed by atoms with E-state index >= 15 is 0 Å². The molecular formula is C20H24ClNO4. The third kappa shape index (κ3) is 7.44. The molecule has 0 spiro atoms. The molecule has 0 saturated carbocycles. The van der Waals surface area contributed by atoms with Crippen LogP contribution < -0.4 is 10.1 Å². The Morgan fingerprint density at radius 2 is 1.96 bits per heavy atom. The van der Waals surface area contributed by atoms with Gasteiger partial charge in [-0.2, -0.15) is 0 Å². The smallest absolute Gasteiger partial charge is 0.246 e. The zero-order chi connectivity index (χ0) is 18.6. The Kier molecular flexibility index (Phi) is 8.96. The summed E-state index contributed by atoms with van der Waals surface area (Å²) in [4.78, 5) is 11.9. The van der Waals surface area contributed by atoms with Crippen molar-refractivity contribution in [3.8, 4) is 5.75 Å². The highest BCUT2D eigenvalue weighted by Gasteiger charge is 2.04. The molecule has 0 bridgehead atoms. The molecule has 26 heavy (non-hydrogen) atoms. The van der Waals surface area contributed by atoms with Crippen LogP contribution in [0.2, 0.25) is 5.02 Å². The van der Waals surface area contributed by atoms with Gasteiger partial charge in [-0.25, -0.2) is 0 Å². The van der Waals surface area contributed by atoms with E-state index < -0.39 is 0 Å². The van der Waals surface area contributed by atoms with Crippen LogP contribution in [0.3, 0.4) is 0 Å². The summed E-state index contributed by atoms with van der Waals surface area (Å²) >= 11 is 6.05. The van der Waals surface area contributed by atoms with E-state index in [-0.39, 0.29) is 12.5 Å². The maximum absolute atomic E-state index is 11.9. The minimum atomic E-state index is -0.177. The number of hydrogen-bond donors (Lipinski definition) is 1. The second-order valence-electron chi connectivity index (χ2n) is 5.70. The van der Waals surface area contributed by atoms with Gasteiger partial charge in [0, 0.05) is 31.7 Å². The molecule has 2 rings (SSSR count). The van der Waals surface area contributed by atoms with Gasteiger partial charge in [0.25, 0.3) is 0 Å². The van der Waals surface area contributed by atoms with Gasteiger partial charge in [-0.3, -0.25) is 4.79 Å². The van der Waals surface area contributed by atoms with Gasteiger partial charge in [-0.15, -0.1) is 0 Å². The molecule has 0 aliphatic rings. The molecule has 0 aliphatic heterocycles. The first-order chi connectivity index (χ1) is 12.7. The average molecular weight is 378 g/mol. The largest absolute Gasteiger partial charge is 0.493 e. The van der Waals surface area contributed by atoms with E-state index in [2.05, 4.69) is 5.32 Å². The molecule has 5 nitrogen and oxygen atoms in total. The summed E-state index contributed by atoms with van der Waals surface area (Å²) in [6.45, 7) is 1.98. The van der Waals surface area contributed by atoms with Crippen molar-refractivity contribution in [1.29, 1.82) is 0 Å². The van der Waals surface area contributed by atoms with Gasteiger partial charge < -0.3 is 19.5 Å². The molecule has 2 aromatic rings. The van der Waals surface area contributed by atoms with Gasteiger partial charge >= 0.3 is 0 Å². The third-order valence-electron chi connectivity index (χ3n) is 3.60. The first-order valence-corrected chi connectivity index (χ1v) is 8.85. The van der Waals surface area contributed by atoms with Crippen molar-refractivity contribution in [2.75, 3.05) is 26.9 Å². The molecule has 0 radical (unpaired) electrons. The molecule has 0 aromatic heterocycles. The van der Waals surface area contributed by atoms with Gasteiger partial charge in [0.2, 0.25) is 5.91 Å². The molecule has 2 aromatic carbocycles. The Labute approximate surface area is 159 Å². The molecule has 0 saturated heterocycles. The lowest BCUT2D eigenvalue weighted by molar-refractivity contribution is -0.126. The Bertz CT molecular complexity index is 693. The second kappa shape index (κ2) is 11.5. The number of amides is 1. The highest BCUT2D eigenvalue weighted by molar-refractivity contribution is 6.31. The third-order valence-corrected chi connectivity index (χ3v) is 3.97. The van der Waals surface area contributed by atoms with Gasteiger partial charge in [0.1, 0.15) is 12.4 Å². The van der Waals surface area contributed by atoms with Crippen LogP contribution in [0, 0.1) is 0 Å². The normalized spacial score (nSPS) is 10.5. The standard InChI is InChI=1S/C20H24ClNO4/c1-24-10-5-11-26-18-8-4-6-16(12-18)13-22-20(23)15-25-14-17-7-2-3-9-19(17)21/h2-4,6-9,12H,5,10-11,13-15H2,1H3,(H,22,23). The van der Waals surface area contributed by atoms with Crippen LogP contribution in [-0.2, 0) is 27.4 Å². The summed E-state index contributed by atoms with van der Waals surface area (Å²) in [5.41, 5.74) is 1.83. The van der Waals surface area contributed by atoms with E-state index in [0.717, 1.165) is 23.3 Å². The molecule has 0 aliphatic carbocycles. The summed E-state index contributed by atoms with van der Waals surface area (Å²) < 4.78 is 16.1. The number of halogens is 1. The molecule has 0 fully saturated rings. The maximum Gasteiger partial charge on any atom is 0.246 e. The van der Waals surface area contributed by atoms with Crippen molar-refractivity contribution >= 4 is 17.5 Å². The fourth-order valence-corrected chi connectivity index (χ4v) is 2.45. The SMILES string of the molecule is COCCCOc1cccc(CNC(=O)COCc2ccccc2Cl)c1. The lowest BCUT2D eigenvalue weighted by Gasteiger charge is -2.10. The highest BCUT2D eigenvalue weighted by Crippen LogP contribution is 2.16. The zero-order valence-corrected chi connectivity index (χ0v) is 15.6. The number of benzene rings is 2. The number of nitrogens with one attached hydrogen (secondary N) is 1. The van der Waals surface area contributed by atoms with Gasteiger partial charge in [-0.05, 0) is 29.3 Å². The van der Waals surface area contributed by atoms with Crippen LogP contribution in [0.4, 0.5) is 0 Å². The number of methoxy groups -OCH3 is 1. The summed E-state index contributed by atoms with van der Waals surface area (Å²) in [6, 6.07) is 15.1. The first kappa shape index (κ1) is 20.2. The topological polar surface area (TPSA) is 56.8 Å². The van der Waals surface area contributed by atoms with Gasteiger partial charge in [0.05, 0.1) is 13.2 Å². The van der Waals surface area contributed by atoms with Gasteiger partial charge in [-0.1, -0.05) is 41.9 Å². The lowest BCUT2D eigenvalue weighted by Crippen LogP contribution is -2.27. The molecule has 0 atom stereocenters. The van der Waals surface area contributed by atoms with Crippen LogP contribution in [-0.4, -0.2) is 32.8 Å². The molecule has 6 heteroatoms. The van der Waals surface area contributed by atoms with Crippen LogP contribution in [0.25, 0.3) is 0 Å². The van der Waals surface area contributed by atoms with Crippen molar-refractivity contribution < 1.29 is 19.0 Å². The Morgan fingerprint density at radius 3 is 2.77 bits per heavy atom. The van der Waals surface area contributed by atoms with Crippen molar-refractivity contribution in [2.45, 2.75) is 19.6 Å². The molecular weight excluding hydrogens is 354 g/mol. The molecule has 140 valence electrons. The maximum atomic E-state index is 11.9. The van der Waals surface area contributed by atoms with Gasteiger partial charge in [0.15, 0.2) is 0 Å². The number of carbonyl (C=O) groups excluding carboxylic acids is 1. The first-order valence-electron chi connectivity index (χ1n) is 8.47. The molecule has 0 unspecified atom stereocenters. The summed E-state index contributed by atoms with van der Waals surface area (Å²) in [6.07, 6.45) is 0.834. The summed E-state index contributed by atoms with van der Waals surface area (Å²) in [7, 11) is 1.67. The van der Waals surface area contributed by atoms with Crippen LogP contribution in [0.1, 0.15) is 17.5 Å². The molecule has 0 heterocycles. The average Bonchev–Trinajstić information content (AvgIpc) is 2.65. The van der Waals surface area contributed by atoms with E-state index in [1.165, 1.54) is 0 Å². The molecule has 1 N–H and O–H groups in total. The van der Waals surface area contributed by atoms with E-state index in [4.69, 9.17) is 25.8 Å². The number of ether oxygens (including phenoxy) is 3. The minimum Gasteiger partial charge on any atom is -0.493 e. The number of rotatable bonds is 11. The quantitative estimate of drug-likeness (QED) is 0.608. The van der Waals surface area contributed by atoms with Crippen molar-refractivity contribution in [2.24, 2.45) is 0 Å². The highest BCUT2D eigenvalue weighted by atomic mass is 35.5. The predicted octanol–water partition coefficient (Wildman–Crippen LogP) is 3.59. The number of carbonyl (C=O) groups is 1. The van der Waals surface area contributed by atoms with E-state index in [9.17, 15) is 4.79 Å². The summed E-state index contributed by atoms with van der Waals surface area (Å²) in [5, 5.41) is 3.47. The van der Waals surface area contributed by atoms with E-state index in [0.29, 0.717) is 31.4 Å². The zero-order valence-electron chi connectivity index (χ0n) is 14.9. The second-order valence-corrected chi connectivity index (χ2v) is 6.11. The fourth-order valence-electron chi connectivity index (χ4n) is 2.26. The monoisotopic (exact) mass is 377 g/mol. The molecule has 1 amide bonds. The lowest BCUT2D eigenvalue weighted by atomic mass is 10.2. The van der Waals surface area contributed by atoms with Crippen molar-refractivity contribution in [3.63, 3.8) is 0 Å². The summed E-state index contributed by atoms with van der Waals surface area (Å²) in [5.74, 6) is 0.603. The van der Waals surface area contributed by atoms with Crippen molar-refractivity contribution in [3.05, 3.63) is 64.7 Å². The Morgan fingerprint density at radius 1 is 1.12 bits per heavy atom. The Hall–Kier alpha value is -2.08. The fraction of sp³-hybridized carbons (Fsp3) is 0.350. The van der Waals surface area contributed by atoms with Crippen molar-refractivity contribution in [1.82, 2.24) is 5.32 Å². The van der Waals surface area contributed by atoms with Crippen LogP contribution >= 0.6 is 11.6 Å². The predicted molar refractivity (Wildman–Crippen MR) is 101 cm³/mol. The minimum absolute atomic E-state index is 0.0154. The number of hydrogen-bond acceptors (Lipinski definition) is 4. The Balaban J connectivity index is 1.69. The van der Waals surface area contributed by atoms with Crippen LogP contribution in [0.15, 0.2) is 48.5 Å². The van der Waals surface area contributed by atoms with E-state index in [1.807, 2.05) is 42.5 Å². The van der Waals surface area contributed by atoms with E-state index in [1.54, 1.807) is 13.2 Å². The van der Waals surface area contributed by atoms with Crippen LogP contribution in [0.5, 0.6) is 5.75 Å².